The van der Waals surface area contributed by atoms with Crippen molar-refractivity contribution in [1.82, 2.24) is 5.32 Å². The first-order valence-corrected chi connectivity index (χ1v) is 10.4. The van der Waals surface area contributed by atoms with Crippen LogP contribution < -0.4 is 20.3 Å². The largest absolute Gasteiger partial charge is 0.414 e. The number of rotatable bonds is 5. The van der Waals surface area contributed by atoms with E-state index < -0.39 is 11.6 Å². The highest BCUT2D eigenvalue weighted by Gasteiger charge is 2.30. The second-order valence-corrected chi connectivity index (χ2v) is 8.93. The predicted octanol–water partition coefficient (Wildman–Crippen LogP) is 4.05. The number of morpholine rings is 1. The van der Waals surface area contributed by atoms with E-state index in [1.807, 2.05) is 25.1 Å². The number of hydrogen-bond acceptors (Lipinski definition) is 6. The van der Waals surface area contributed by atoms with E-state index in [1.54, 1.807) is 26.0 Å². The number of ether oxygens (including phenoxy) is 2. The first-order valence-electron chi connectivity index (χ1n) is 9.25. The number of thiophene rings is 1. The molecule has 9 heteroatoms. The standard InChI is InChI=1S/C20H24ClN3O4S/c1-13-12-14(4-5-15(13)24-8-10-27-11-9-24)22-18(25)20(2,3)23-19(26)28-17-7-6-16(21)29-17/h4-7,12H,8-11H2,1-3H3,(H,22,25)(H,23,26). The molecule has 0 radical (unpaired) electrons. The maximum atomic E-state index is 12.7. The zero-order valence-corrected chi connectivity index (χ0v) is 18.2. The van der Waals surface area contributed by atoms with Crippen LogP contribution in [-0.2, 0) is 9.53 Å². The average Bonchev–Trinajstić information content (AvgIpc) is 3.06. The maximum Gasteiger partial charge on any atom is 0.414 e. The molecule has 2 aromatic rings. The van der Waals surface area contributed by atoms with Crippen LogP contribution >= 0.6 is 22.9 Å². The molecular weight excluding hydrogens is 414 g/mol. The van der Waals surface area contributed by atoms with Gasteiger partial charge in [0.1, 0.15) is 5.54 Å². The summed E-state index contributed by atoms with van der Waals surface area (Å²) in [5.41, 5.74) is 1.68. The van der Waals surface area contributed by atoms with Gasteiger partial charge >= 0.3 is 6.09 Å². The van der Waals surface area contributed by atoms with Crippen LogP contribution in [0.25, 0.3) is 0 Å². The van der Waals surface area contributed by atoms with Crippen molar-refractivity contribution in [1.29, 1.82) is 0 Å². The molecule has 1 aliphatic heterocycles. The first kappa shape index (κ1) is 21.4. The molecule has 1 fully saturated rings. The minimum absolute atomic E-state index is 0.350. The van der Waals surface area contributed by atoms with Gasteiger partial charge in [-0.05, 0) is 56.7 Å². The number of benzene rings is 1. The number of nitrogens with zero attached hydrogens (tertiary/aromatic N) is 1. The van der Waals surface area contributed by atoms with Crippen LogP contribution in [0.15, 0.2) is 30.3 Å². The molecule has 2 N–H and O–H groups in total. The smallest absolute Gasteiger partial charge is 0.399 e. The van der Waals surface area contributed by atoms with E-state index in [9.17, 15) is 9.59 Å². The minimum Gasteiger partial charge on any atom is -0.399 e. The van der Waals surface area contributed by atoms with Crippen LogP contribution in [0.3, 0.4) is 0 Å². The summed E-state index contributed by atoms with van der Waals surface area (Å²) < 4.78 is 11.1. The maximum absolute atomic E-state index is 12.7. The van der Waals surface area contributed by atoms with Crippen molar-refractivity contribution in [2.24, 2.45) is 0 Å². The normalized spacial score (nSPS) is 14.4. The van der Waals surface area contributed by atoms with E-state index in [-0.39, 0.29) is 5.91 Å². The zero-order valence-electron chi connectivity index (χ0n) is 16.6. The number of halogens is 1. The lowest BCUT2D eigenvalue weighted by atomic mass is 10.0. The monoisotopic (exact) mass is 437 g/mol. The summed E-state index contributed by atoms with van der Waals surface area (Å²) in [5, 5.41) is 5.79. The van der Waals surface area contributed by atoms with Crippen LogP contribution in [0.4, 0.5) is 16.2 Å². The van der Waals surface area contributed by atoms with Gasteiger partial charge in [0.25, 0.3) is 0 Å². The number of nitrogens with one attached hydrogen (secondary N) is 2. The van der Waals surface area contributed by atoms with Crippen LogP contribution in [0.1, 0.15) is 19.4 Å². The number of anilines is 2. The lowest BCUT2D eigenvalue weighted by Crippen LogP contribution is -2.53. The van der Waals surface area contributed by atoms with Crippen LogP contribution in [-0.4, -0.2) is 43.8 Å². The van der Waals surface area contributed by atoms with E-state index >= 15 is 0 Å². The van der Waals surface area contributed by atoms with Crippen molar-refractivity contribution in [3.8, 4) is 5.06 Å². The van der Waals surface area contributed by atoms with E-state index in [0.29, 0.717) is 28.3 Å². The van der Waals surface area contributed by atoms with Crippen molar-refractivity contribution in [3.63, 3.8) is 0 Å². The molecule has 0 bridgehead atoms. The topological polar surface area (TPSA) is 79.9 Å². The third-order valence-electron chi connectivity index (χ3n) is 4.53. The molecule has 0 atom stereocenters. The van der Waals surface area contributed by atoms with E-state index in [0.717, 1.165) is 35.7 Å². The summed E-state index contributed by atoms with van der Waals surface area (Å²) in [6.45, 7) is 8.35. The third kappa shape index (κ3) is 5.62. The molecule has 2 heterocycles. The van der Waals surface area contributed by atoms with Gasteiger partial charge in [0.15, 0.2) is 5.06 Å². The number of amides is 2. The molecule has 29 heavy (non-hydrogen) atoms. The van der Waals surface area contributed by atoms with Crippen LogP contribution in [0.2, 0.25) is 4.34 Å². The fourth-order valence-corrected chi connectivity index (χ4v) is 3.83. The summed E-state index contributed by atoms with van der Waals surface area (Å²) in [6, 6.07) is 9.00. The first-order chi connectivity index (χ1) is 13.7. The van der Waals surface area contributed by atoms with Crippen molar-refractivity contribution in [3.05, 3.63) is 40.2 Å². The second-order valence-electron chi connectivity index (χ2n) is 7.25. The molecule has 1 aromatic carbocycles. The Balaban J connectivity index is 1.60. The Morgan fingerprint density at radius 1 is 1.21 bits per heavy atom. The molecular formula is C20H24ClN3O4S. The highest BCUT2D eigenvalue weighted by atomic mass is 35.5. The van der Waals surface area contributed by atoms with Gasteiger partial charge in [0.05, 0.1) is 17.6 Å². The molecule has 1 aliphatic rings. The van der Waals surface area contributed by atoms with Gasteiger partial charge in [-0.3, -0.25) is 4.79 Å². The van der Waals surface area contributed by atoms with Gasteiger partial charge < -0.3 is 25.0 Å². The van der Waals surface area contributed by atoms with Crippen molar-refractivity contribution < 1.29 is 19.1 Å². The Kier molecular flexibility index (Phi) is 6.66. The van der Waals surface area contributed by atoms with Gasteiger partial charge in [0, 0.05) is 24.5 Å². The van der Waals surface area contributed by atoms with E-state index in [2.05, 4.69) is 15.5 Å². The summed E-state index contributed by atoms with van der Waals surface area (Å²) in [5.74, 6) is -0.350. The molecule has 1 aromatic heterocycles. The SMILES string of the molecule is Cc1cc(NC(=O)C(C)(C)NC(=O)Oc2ccc(Cl)s2)ccc1N1CCOCC1. The molecule has 3 rings (SSSR count). The molecule has 0 aliphatic carbocycles. The fourth-order valence-electron chi connectivity index (χ4n) is 2.96. The second kappa shape index (κ2) is 9.02. The predicted molar refractivity (Wildman–Crippen MR) is 115 cm³/mol. The molecule has 0 saturated carbocycles. The molecule has 1 saturated heterocycles. The Bertz CT molecular complexity index is 894. The molecule has 156 valence electrons. The fraction of sp³-hybridized carbons (Fsp3) is 0.400. The lowest BCUT2D eigenvalue weighted by Gasteiger charge is -2.30. The summed E-state index contributed by atoms with van der Waals surface area (Å²) in [6.07, 6.45) is -0.720. The van der Waals surface area contributed by atoms with Gasteiger partial charge in [-0.1, -0.05) is 22.9 Å². The zero-order chi connectivity index (χ0) is 21.0. The van der Waals surface area contributed by atoms with Crippen molar-refractivity contribution in [2.75, 3.05) is 36.5 Å². The number of aryl methyl sites for hydroxylation is 1. The van der Waals surface area contributed by atoms with E-state index in [4.69, 9.17) is 21.1 Å². The number of carbonyl (C=O) groups is 2. The Morgan fingerprint density at radius 3 is 2.55 bits per heavy atom. The number of carbonyl (C=O) groups excluding carboxylic acids is 2. The summed E-state index contributed by atoms with van der Waals surface area (Å²) in [7, 11) is 0. The molecule has 0 spiro atoms. The van der Waals surface area contributed by atoms with Crippen LogP contribution in [0, 0.1) is 6.92 Å². The Labute approximate surface area is 178 Å². The minimum atomic E-state index is -1.17. The lowest BCUT2D eigenvalue weighted by molar-refractivity contribution is -0.121. The van der Waals surface area contributed by atoms with Crippen molar-refractivity contribution >= 4 is 46.3 Å². The Hall–Kier alpha value is -2.29. The van der Waals surface area contributed by atoms with Crippen LogP contribution in [0.5, 0.6) is 5.06 Å². The van der Waals surface area contributed by atoms with E-state index in [1.165, 1.54) is 0 Å². The van der Waals surface area contributed by atoms with Gasteiger partial charge in [-0.25, -0.2) is 4.79 Å². The molecule has 2 amide bonds. The average molecular weight is 438 g/mol. The number of hydrogen-bond donors (Lipinski definition) is 2. The van der Waals surface area contributed by atoms with Gasteiger partial charge in [-0.2, -0.15) is 0 Å². The summed E-state index contributed by atoms with van der Waals surface area (Å²) in [4.78, 5) is 27.1. The van der Waals surface area contributed by atoms with Gasteiger partial charge in [-0.15, -0.1) is 0 Å². The third-order valence-corrected chi connectivity index (χ3v) is 5.64. The summed E-state index contributed by atoms with van der Waals surface area (Å²) >= 11 is 6.96. The Morgan fingerprint density at radius 2 is 1.93 bits per heavy atom. The quantitative estimate of drug-likeness (QED) is 0.737. The highest BCUT2D eigenvalue weighted by Crippen LogP contribution is 2.28. The van der Waals surface area contributed by atoms with Gasteiger partial charge in [0.2, 0.25) is 5.91 Å². The molecule has 0 unspecified atom stereocenters. The van der Waals surface area contributed by atoms with Crippen molar-refractivity contribution in [2.45, 2.75) is 26.3 Å². The molecule has 7 nitrogen and oxygen atoms in total. The highest BCUT2D eigenvalue weighted by molar-refractivity contribution is 7.17.